The zero-order valence-corrected chi connectivity index (χ0v) is 11.9. The molecule has 1 heterocycles. The van der Waals surface area contributed by atoms with Crippen LogP contribution in [0.3, 0.4) is 0 Å². The van der Waals surface area contributed by atoms with Crippen molar-refractivity contribution in [3.63, 3.8) is 0 Å². The fraction of sp³-hybridized carbons (Fsp3) is 0.867. The minimum Gasteiger partial charge on any atom is -0.342 e. The third kappa shape index (κ3) is 2.49. The summed E-state index contributed by atoms with van der Waals surface area (Å²) in [5, 5.41) is 2.98. The van der Waals surface area contributed by atoms with Crippen LogP contribution in [0, 0.1) is 17.8 Å². The van der Waals surface area contributed by atoms with E-state index in [9.17, 15) is 9.59 Å². The first-order valence-electron chi connectivity index (χ1n) is 7.61. The summed E-state index contributed by atoms with van der Waals surface area (Å²) in [4.78, 5) is 26.6. The van der Waals surface area contributed by atoms with Gasteiger partial charge in [-0.2, -0.15) is 0 Å². The van der Waals surface area contributed by atoms with Crippen molar-refractivity contribution in [2.45, 2.75) is 51.5 Å². The lowest BCUT2D eigenvalue weighted by atomic mass is 9.93. The minimum atomic E-state index is -0.642. The molecule has 1 saturated heterocycles. The van der Waals surface area contributed by atoms with E-state index < -0.39 is 5.54 Å². The van der Waals surface area contributed by atoms with Crippen LogP contribution in [0.2, 0.25) is 0 Å². The van der Waals surface area contributed by atoms with E-state index in [0.717, 1.165) is 25.3 Å². The summed E-state index contributed by atoms with van der Waals surface area (Å²) in [6, 6.07) is 0. The van der Waals surface area contributed by atoms with Gasteiger partial charge in [-0.1, -0.05) is 6.92 Å². The largest absolute Gasteiger partial charge is 0.342 e. The fourth-order valence-corrected chi connectivity index (χ4v) is 3.35. The van der Waals surface area contributed by atoms with Crippen LogP contribution in [0.25, 0.3) is 0 Å². The molecule has 2 aliphatic carbocycles. The summed E-state index contributed by atoms with van der Waals surface area (Å²) >= 11 is 0. The van der Waals surface area contributed by atoms with E-state index in [-0.39, 0.29) is 11.8 Å². The Labute approximate surface area is 114 Å². The number of carbonyl (C=O) groups excluding carboxylic acids is 2. The van der Waals surface area contributed by atoms with Gasteiger partial charge >= 0.3 is 0 Å². The van der Waals surface area contributed by atoms with E-state index in [2.05, 4.69) is 12.2 Å². The standard InChI is InChI=1S/C15H24N2O2/c1-10(11-3-4-11)9-17-8-7-13(18)16-15(2,14(17)19)12-5-6-12/h10-12H,3-9H2,1-2H3,(H,16,18). The van der Waals surface area contributed by atoms with E-state index in [4.69, 9.17) is 0 Å². The van der Waals surface area contributed by atoms with Gasteiger partial charge in [0.25, 0.3) is 0 Å². The molecule has 0 spiro atoms. The van der Waals surface area contributed by atoms with Gasteiger partial charge in [0.1, 0.15) is 5.54 Å². The monoisotopic (exact) mass is 264 g/mol. The van der Waals surface area contributed by atoms with Crippen molar-refractivity contribution in [3.8, 4) is 0 Å². The van der Waals surface area contributed by atoms with Gasteiger partial charge in [-0.15, -0.1) is 0 Å². The average molecular weight is 264 g/mol. The molecule has 1 aliphatic heterocycles. The van der Waals surface area contributed by atoms with E-state index in [1.54, 1.807) is 0 Å². The fourth-order valence-electron chi connectivity index (χ4n) is 3.35. The maximum Gasteiger partial charge on any atom is 0.248 e. The van der Waals surface area contributed by atoms with Crippen LogP contribution < -0.4 is 5.32 Å². The van der Waals surface area contributed by atoms with Crippen molar-refractivity contribution in [1.82, 2.24) is 10.2 Å². The lowest BCUT2D eigenvalue weighted by molar-refractivity contribution is -0.139. The first kappa shape index (κ1) is 12.9. The molecule has 2 atom stereocenters. The smallest absolute Gasteiger partial charge is 0.248 e. The van der Waals surface area contributed by atoms with Gasteiger partial charge in [0.2, 0.25) is 11.8 Å². The Bertz CT molecular complexity index is 401. The van der Waals surface area contributed by atoms with E-state index in [1.165, 1.54) is 12.8 Å². The van der Waals surface area contributed by atoms with Crippen LogP contribution in [0.15, 0.2) is 0 Å². The van der Waals surface area contributed by atoms with Gasteiger partial charge in [-0.05, 0) is 50.4 Å². The molecular weight excluding hydrogens is 240 g/mol. The number of nitrogens with one attached hydrogen (secondary N) is 1. The summed E-state index contributed by atoms with van der Waals surface area (Å²) in [6.45, 7) is 5.56. The zero-order valence-electron chi connectivity index (χ0n) is 11.9. The van der Waals surface area contributed by atoms with Crippen LogP contribution in [-0.2, 0) is 9.59 Å². The molecular formula is C15H24N2O2. The quantitative estimate of drug-likeness (QED) is 0.837. The number of amides is 2. The van der Waals surface area contributed by atoms with Crippen molar-refractivity contribution in [3.05, 3.63) is 0 Å². The Morgan fingerprint density at radius 2 is 2.00 bits per heavy atom. The highest BCUT2D eigenvalue weighted by molar-refractivity contribution is 5.93. The normalized spacial score (nSPS) is 33.9. The highest BCUT2D eigenvalue weighted by atomic mass is 16.2. The number of rotatable bonds is 4. The SMILES string of the molecule is CC(CN1CCC(=O)NC(C)(C2CC2)C1=O)C1CC1. The predicted octanol–water partition coefficient (Wildman–Crippen LogP) is 1.55. The third-order valence-corrected chi connectivity index (χ3v) is 5.07. The molecule has 4 heteroatoms. The second kappa shape index (κ2) is 4.50. The number of hydrogen-bond donors (Lipinski definition) is 1. The summed E-state index contributed by atoms with van der Waals surface area (Å²) < 4.78 is 0. The van der Waals surface area contributed by atoms with Crippen molar-refractivity contribution in [1.29, 1.82) is 0 Å². The predicted molar refractivity (Wildman–Crippen MR) is 72.4 cm³/mol. The Kier molecular flexibility index (Phi) is 3.06. The number of carbonyl (C=O) groups is 2. The Morgan fingerprint density at radius 3 is 2.58 bits per heavy atom. The zero-order chi connectivity index (χ0) is 13.6. The summed E-state index contributed by atoms with van der Waals surface area (Å²) in [6.07, 6.45) is 5.19. The number of hydrogen-bond acceptors (Lipinski definition) is 2. The topological polar surface area (TPSA) is 49.4 Å². The van der Waals surface area contributed by atoms with Gasteiger partial charge in [-0.25, -0.2) is 0 Å². The molecule has 0 bridgehead atoms. The molecule has 4 nitrogen and oxygen atoms in total. The lowest BCUT2D eigenvalue weighted by Gasteiger charge is -2.33. The first-order valence-corrected chi connectivity index (χ1v) is 7.61. The molecule has 2 amide bonds. The van der Waals surface area contributed by atoms with Crippen LogP contribution in [-0.4, -0.2) is 35.3 Å². The van der Waals surface area contributed by atoms with Gasteiger partial charge in [0.15, 0.2) is 0 Å². The Balaban J connectivity index is 1.75. The second-order valence-corrected chi connectivity index (χ2v) is 6.84. The van der Waals surface area contributed by atoms with Crippen LogP contribution in [0.5, 0.6) is 0 Å². The van der Waals surface area contributed by atoms with Crippen molar-refractivity contribution >= 4 is 11.8 Å². The highest BCUT2D eigenvalue weighted by Crippen LogP contribution is 2.42. The van der Waals surface area contributed by atoms with Gasteiger partial charge in [0, 0.05) is 19.5 Å². The van der Waals surface area contributed by atoms with Gasteiger partial charge in [-0.3, -0.25) is 9.59 Å². The molecule has 0 aromatic heterocycles. The molecule has 0 radical (unpaired) electrons. The maximum atomic E-state index is 12.8. The molecule has 106 valence electrons. The first-order chi connectivity index (χ1) is 9.00. The van der Waals surface area contributed by atoms with Crippen LogP contribution in [0.1, 0.15) is 46.0 Å². The summed E-state index contributed by atoms with van der Waals surface area (Å²) in [5.74, 6) is 1.89. The lowest BCUT2D eigenvalue weighted by Crippen LogP contribution is -2.57. The Morgan fingerprint density at radius 1 is 1.32 bits per heavy atom. The molecule has 2 saturated carbocycles. The average Bonchev–Trinajstić information content (AvgIpc) is 3.19. The van der Waals surface area contributed by atoms with Crippen molar-refractivity contribution in [2.75, 3.05) is 13.1 Å². The van der Waals surface area contributed by atoms with E-state index >= 15 is 0 Å². The molecule has 3 aliphatic rings. The molecule has 2 unspecified atom stereocenters. The second-order valence-electron chi connectivity index (χ2n) is 6.84. The molecule has 0 aromatic rings. The van der Waals surface area contributed by atoms with E-state index in [1.807, 2.05) is 11.8 Å². The molecule has 1 N–H and O–H groups in total. The third-order valence-electron chi connectivity index (χ3n) is 5.07. The molecule has 19 heavy (non-hydrogen) atoms. The summed E-state index contributed by atoms with van der Waals surface area (Å²) in [5.41, 5.74) is -0.642. The van der Waals surface area contributed by atoms with E-state index in [0.29, 0.717) is 24.8 Å². The van der Waals surface area contributed by atoms with Gasteiger partial charge < -0.3 is 10.2 Å². The van der Waals surface area contributed by atoms with Crippen LogP contribution in [0.4, 0.5) is 0 Å². The maximum absolute atomic E-state index is 12.8. The summed E-state index contributed by atoms with van der Waals surface area (Å²) in [7, 11) is 0. The van der Waals surface area contributed by atoms with Crippen molar-refractivity contribution < 1.29 is 9.59 Å². The van der Waals surface area contributed by atoms with Gasteiger partial charge in [0.05, 0.1) is 0 Å². The van der Waals surface area contributed by atoms with Crippen molar-refractivity contribution in [2.24, 2.45) is 17.8 Å². The molecule has 0 aromatic carbocycles. The highest BCUT2D eigenvalue weighted by Gasteiger charge is 2.51. The Hall–Kier alpha value is -1.06. The number of nitrogens with zero attached hydrogens (tertiary/aromatic N) is 1. The molecule has 3 rings (SSSR count). The molecule has 3 fully saturated rings. The minimum absolute atomic E-state index is 0.0318. The van der Waals surface area contributed by atoms with Crippen LogP contribution >= 0.6 is 0 Å².